The van der Waals surface area contributed by atoms with Crippen molar-refractivity contribution in [2.75, 3.05) is 10.7 Å². The van der Waals surface area contributed by atoms with E-state index in [1.165, 1.54) is 0 Å². The molecule has 1 saturated carbocycles. The van der Waals surface area contributed by atoms with Crippen molar-refractivity contribution >= 4 is 11.8 Å². The average Bonchev–Trinajstić information content (AvgIpc) is 2.40. The van der Waals surface area contributed by atoms with Crippen molar-refractivity contribution < 1.29 is 13.2 Å². The predicted octanol–water partition coefficient (Wildman–Crippen LogP) is 3.16. The Labute approximate surface area is 121 Å². The lowest BCUT2D eigenvalue weighted by atomic mass is 9.73. The normalized spacial score (nSPS) is 21.9. The fraction of sp³-hybridized carbons (Fsp3) is 0.692. The standard InChI is InChI=1S/C13H20F3N5/c1-12(2)6-4-3-5-8(12)18-10-7-9(13(14,15)16)19-11(20-10)21-17/h7-8H,3-6,17H2,1-2H3,(H2,18,19,20,21). The Bertz CT molecular complexity index is 501. The molecule has 5 nitrogen and oxygen atoms in total. The van der Waals surface area contributed by atoms with Crippen molar-refractivity contribution in [2.45, 2.75) is 51.7 Å². The second-order valence-electron chi connectivity index (χ2n) is 6.04. The summed E-state index contributed by atoms with van der Waals surface area (Å²) in [4.78, 5) is 7.31. The summed E-state index contributed by atoms with van der Waals surface area (Å²) in [7, 11) is 0. The molecule has 21 heavy (non-hydrogen) atoms. The summed E-state index contributed by atoms with van der Waals surface area (Å²) in [5.74, 6) is 5.04. The summed E-state index contributed by atoms with van der Waals surface area (Å²) in [6.45, 7) is 4.22. The third-order valence-electron chi connectivity index (χ3n) is 3.98. The van der Waals surface area contributed by atoms with Crippen LogP contribution >= 0.6 is 0 Å². The SMILES string of the molecule is CC1(C)CCCCC1Nc1cc(C(F)(F)F)nc(NN)n1. The van der Waals surface area contributed by atoms with Crippen LogP contribution in [0.5, 0.6) is 0 Å². The topological polar surface area (TPSA) is 75.9 Å². The summed E-state index contributed by atoms with van der Waals surface area (Å²) in [6, 6.07) is 0.999. The van der Waals surface area contributed by atoms with E-state index in [-0.39, 0.29) is 23.2 Å². The molecule has 118 valence electrons. The first-order valence-electron chi connectivity index (χ1n) is 6.92. The van der Waals surface area contributed by atoms with Gasteiger partial charge in [0.1, 0.15) is 5.82 Å². The molecular weight excluding hydrogens is 283 g/mol. The maximum absolute atomic E-state index is 12.8. The van der Waals surface area contributed by atoms with Gasteiger partial charge in [-0.2, -0.15) is 18.2 Å². The molecule has 1 fully saturated rings. The number of hydrazine groups is 1. The Balaban J connectivity index is 2.27. The first-order chi connectivity index (χ1) is 9.72. The van der Waals surface area contributed by atoms with Gasteiger partial charge in [-0.3, -0.25) is 5.43 Å². The molecule has 1 aliphatic rings. The van der Waals surface area contributed by atoms with Gasteiger partial charge in [-0.15, -0.1) is 0 Å². The van der Waals surface area contributed by atoms with Gasteiger partial charge < -0.3 is 5.32 Å². The van der Waals surface area contributed by atoms with Crippen LogP contribution in [0.3, 0.4) is 0 Å². The average molecular weight is 303 g/mol. The third kappa shape index (κ3) is 3.75. The number of nitrogens with two attached hydrogens (primary N) is 1. The van der Waals surface area contributed by atoms with Gasteiger partial charge in [0.05, 0.1) is 0 Å². The fourth-order valence-electron chi connectivity index (χ4n) is 2.67. The smallest absolute Gasteiger partial charge is 0.367 e. The first-order valence-corrected chi connectivity index (χ1v) is 6.92. The molecule has 0 spiro atoms. The predicted molar refractivity (Wildman–Crippen MR) is 74.5 cm³/mol. The number of halogens is 3. The van der Waals surface area contributed by atoms with Crippen LogP contribution in [0.1, 0.15) is 45.2 Å². The van der Waals surface area contributed by atoms with Gasteiger partial charge in [0, 0.05) is 12.1 Å². The Hall–Kier alpha value is -1.57. The lowest BCUT2D eigenvalue weighted by molar-refractivity contribution is -0.141. The van der Waals surface area contributed by atoms with Gasteiger partial charge in [-0.1, -0.05) is 26.7 Å². The number of nitrogens with zero attached hydrogens (tertiary/aromatic N) is 2. The number of nitrogens with one attached hydrogen (secondary N) is 2. The molecule has 0 saturated heterocycles. The summed E-state index contributed by atoms with van der Waals surface area (Å²) in [6.07, 6.45) is -0.403. The highest BCUT2D eigenvalue weighted by atomic mass is 19.4. The van der Waals surface area contributed by atoms with Crippen LogP contribution in [0.4, 0.5) is 24.9 Å². The zero-order chi connectivity index (χ0) is 15.7. The Morgan fingerprint density at radius 3 is 2.57 bits per heavy atom. The van der Waals surface area contributed by atoms with Gasteiger partial charge in [-0.05, 0) is 18.3 Å². The lowest BCUT2D eigenvalue weighted by Crippen LogP contribution is -2.39. The maximum atomic E-state index is 12.8. The molecule has 0 radical (unpaired) electrons. The molecule has 0 amide bonds. The zero-order valence-electron chi connectivity index (χ0n) is 12.1. The van der Waals surface area contributed by atoms with Crippen molar-refractivity contribution in [3.63, 3.8) is 0 Å². The molecule has 1 heterocycles. The van der Waals surface area contributed by atoms with E-state index in [2.05, 4.69) is 34.6 Å². The van der Waals surface area contributed by atoms with Gasteiger partial charge in [0.15, 0.2) is 5.69 Å². The molecule has 1 aromatic heterocycles. The minimum Gasteiger partial charge on any atom is -0.367 e. The largest absolute Gasteiger partial charge is 0.433 e. The molecule has 1 unspecified atom stereocenters. The molecular formula is C13H20F3N5. The number of nitrogen functional groups attached to an aromatic ring is 1. The minimum absolute atomic E-state index is 0.0118. The van der Waals surface area contributed by atoms with E-state index in [0.717, 1.165) is 31.7 Å². The van der Waals surface area contributed by atoms with Crippen molar-refractivity contribution in [1.29, 1.82) is 0 Å². The fourth-order valence-corrected chi connectivity index (χ4v) is 2.67. The number of anilines is 2. The molecule has 1 aromatic rings. The molecule has 4 N–H and O–H groups in total. The van der Waals surface area contributed by atoms with E-state index in [4.69, 9.17) is 5.84 Å². The highest BCUT2D eigenvalue weighted by Crippen LogP contribution is 2.37. The van der Waals surface area contributed by atoms with Gasteiger partial charge in [0.25, 0.3) is 0 Å². The highest BCUT2D eigenvalue weighted by molar-refractivity contribution is 5.43. The summed E-state index contributed by atoms with van der Waals surface area (Å²) >= 11 is 0. The van der Waals surface area contributed by atoms with Crippen molar-refractivity contribution in [1.82, 2.24) is 9.97 Å². The molecule has 0 bridgehead atoms. The minimum atomic E-state index is -4.53. The monoisotopic (exact) mass is 303 g/mol. The van der Waals surface area contributed by atoms with Crippen LogP contribution in [-0.4, -0.2) is 16.0 Å². The van der Waals surface area contributed by atoms with Crippen LogP contribution in [0.15, 0.2) is 6.07 Å². The van der Waals surface area contributed by atoms with E-state index < -0.39 is 11.9 Å². The Kier molecular flexibility index (Phi) is 4.27. The molecule has 0 aromatic carbocycles. The number of alkyl halides is 3. The summed E-state index contributed by atoms with van der Waals surface area (Å²) in [5.41, 5.74) is 1.07. The van der Waals surface area contributed by atoms with E-state index in [1.807, 2.05) is 0 Å². The van der Waals surface area contributed by atoms with E-state index in [9.17, 15) is 13.2 Å². The van der Waals surface area contributed by atoms with Crippen molar-refractivity contribution in [3.05, 3.63) is 11.8 Å². The molecule has 8 heteroatoms. The van der Waals surface area contributed by atoms with Gasteiger partial charge in [0.2, 0.25) is 5.95 Å². The van der Waals surface area contributed by atoms with Gasteiger partial charge in [-0.25, -0.2) is 10.8 Å². The summed E-state index contributed by atoms with van der Waals surface area (Å²) < 4.78 is 38.5. The van der Waals surface area contributed by atoms with Crippen LogP contribution in [0.2, 0.25) is 0 Å². The van der Waals surface area contributed by atoms with Crippen LogP contribution in [0.25, 0.3) is 0 Å². The zero-order valence-corrected chi connectivity index (χ0v) is 12.1. The van der Waals surface area contributed by atoms with Crippen LogP contribution in [0, 0.1) is 5.41 Å². The number of hydrogen-bond donors (Lipinski definition) is 3. The third-order valence-corrected chi connectivity index (χ3v) is 3.98. The first kappa shape index (κ1) is 15.8. The van der Waals surface area contributed by atoms with E-state index in [0.29, 0.717) is 0 Å². The highest BCUT2D eigenvalue weighted by Gasteiger charge is 2.35. The second kappa shape index (κ2) is 5.67. The van der Waals surface area contributed by atoms with Crippen LogP contribution < -0.4 is 16.6 Å². The maximum Gasteiger partial charge on any atom is 0.433 e. The van der Waals surface area contributed by atoms with E-state index in [1.54, 1.807) is 0 Å². The molecule has 1 atom stereocenters. The van der Waals surface area contributed by atoms with Crippen LogP contribution in [-0.2, 0) is 6.18 Å². The van der Waals surface area contributed by atoms with Crippen molar-refractivity contribution in [2.24, 2.45) is 11.3 Å². The number of aromatic nitrogens is 2. The quantitative estimate of drug-likeness (QED) is 0.590. The number of hydrogen-bond acceptors (Lipinski definition) is 5. The summed E-state index contributed by atoms with van der Waals surface area (Å²) in [5, 5.41) is 3.11. The molecule has 2 rings (SSSR count). The lowest BCUT2D eigenvalue weighted by Gasteiger charge is -2.39. The Morgan fingerprint density at radius 1 is 1.29 bits per heavy atom. The second-order valence-corrected chi connectivity index (χ2v) is 6.04. The number of rotatable bonds is 3. The molecule has 0 aliphatic heterocycles. The molecule has 1 aliphatic carbocycles. The Morgan fingerprint density at radius 2 is 2.00 bits per heavy atom. The van der Waals surface area contributed by atoms with Gasteiger partial charge >= 0.3 is 6.18 Å². The van der Waals surface area contributed by atoms with E-state index >= 15 is 0 Å². The van der Waals surface area contributed by atoms with Crippen molar-refractivity contribution in [3.8, 4) is 0 Å².